The Morgan fingerprint density at radius 3 is 1.30 bits per heavy atom. The molecule has 0 unspecified atom stereocenters. The summed E-state index contributed by atoms with van der Waals surface area (Å²) in [5.74, 6) is 1.04. The zero-order chi connectivity index (χ0) is 64.4. The zero-order valence-electron chi connectivity index (χ0n) is 53.9. The van der Waals surface area contributed by atoms with Crippen LogP contribution < -0.4 is 9.80 Å². The minimum Gasteiger partial charge on any atom is -0.458 e. The van der Waals surface area contributed by atoms with E-state index in [1.807, 2.05) is 0 Å². The summed E-state index contributed by atoms with van der Waals surface area (Å²) >= 11 is 0. The molecule has 0 N–H and O–H groups in total. The van der Waals surface area contributed by atoms with Gasteiger partial charge in [0.05, 0.1) is 55.8 Å². The van der Waals surface area contributed by atoms with Crippen LogP contribution in [0.25, 0.3) is 160 Å². The number of nitrogens with zero attached hydrogens (tertiary/aromatic N) is 4. The Bertz CT molecular complexity index is 6690. The number of hydrogen-bond acceptors (Lipinski definition) is 4. The first-order valence-electron chi connectivity index (χ1n) is 34.0. The van der Waals surface area contributed by atoms with Crippen LogP contribution in [0.15, 0.2) is 306 Å². The number of allylic oxidation sites excluding steroid dienone is 1. The van der Waals surface area contributed by atoms with E-state index in [1.54, 1.807) is 0 Å². The first-order valence-corrected chi connectivity index (χ1v) is 34.0. The number of aromatic nitrogens is 2. The van der Waals surface area contributed by atoms with Crippen LogP contribution in [0.4, 0.5) is 34.1 Å². The molecule has 1 aliphatic rings. The predicted molar refractivity (Wildman–Crippen MR) is 411 cm³/mol. The molecular weight excluding hydrogens is 1190 g/mol. The van der Waals surface area contributed by atoms with Crippen LogP contribution in [0.2, 0.25) is 0 Å². The van der Waals surface area contributed by atoms with E-state index < -0.39 is 0 Å². The van der Waals surface area contributed by atoms with E-state index in [0.717, 1.165) is 141 Å². The zero-order valence-corrected chi connectivity index (χ0v) is 53.9. The summed E-state index contributed by atoms with van der Waals surface area (Å²) in [5, 5.41) is 12.9. The van der Waals surface area contributed by atoms with Crippen molar-refractivity contribution < 1.29 is 8.83 Å². The van der Waals surface area contributed by atoms with Crippen LogP contribution in [0, 0.1) is 13.8 Å². The topological polar surface area (TPSA) is 41.6 Å². The van der Waals surface area contributed by atoms with E-state index in [4.69, 9.17) is 8.83 Å². The third kappa shape index (κ3) is 7.68. The summed E-state index contributed by atoms with van der Waals surface area (Å²) in [6.45, 7) is 4.46. The van der Waals surface area contributed by atoms with Crippen molar-refractivity contribution in [1.82, 2.24) is 8.80 Å². The highest BCUT2D eigenvalue weighted by atomic mass is 16.3. The molecule has 0 bridgehead atoms. The molecule has 20 aromatic rings. The smallest absolute Gasteiger partial charge is 0.159 e. The first-order chi connectivity index (χ1) is 48.5. The number of hydrogen-bond donors (Lipinski definition) is 0. The monoisotopic (exact) mass is 1250 g/mol. The Labute approximate surface area is 564 Å². The summed E-state index contributed by atoms with van der Waals surface area (Å²) in [6, 6.07) is 108. The lowest BCUT2D eigenvalue weighted by atomic mass is 9.89. The van der Waals surface area contributed by atoms with E-state index in [-0.39, 0.29) is 0 Å². The van der Waals surface area contributed by atoms with Gasteiger partial charge in [-0.2, -0.15) is 0 Å². The Morgan fingerprint density at radius 1 is 0.337 bits per heavy atom. The second-order valence-corrected chi connectivity index (χ2v) is 26.5. The second-order valence-electron chi connectivity index (χ2n) is 26.5. The van der Waals surface area contributed by atoms with Gasteiger partial charge in [-0.15, -0.1) is 0 Å². The fourth-order valence-electron chi connectivity index (χ4n) is 17.1. The van der Waals surface area contributed by atoms with Gasteiger partial charge in [-0.3, -0.25) is 0 Å². The maximum atomic E-state index is 7.14. The molecule has 6 aromatic heterocycles. The molecule has 1 aliphatic carbocycles. The number of rotatable bonds is 10. The number of aryl methyl sites for hydroxylation is 3. The Balaban J connectivity index is 0.900. The van der Waals surface area contributed by atoms with Gasteiger partial charge in [0.1, 0.15) is 11.3 Å². The minimum absolute atomic E-state index is 0.851. The van der Waals surface area contributed by atoms with Crippen molar-refractivity contribution in [2.75, 3.05) is 9.80 Å². The number of fused-ring (bicyclic) bond motifs is 18. The number of anilines is 6. The van der Waals surface area contributed by atoms with Crippen molar-refractivity contribution in [1.29, 1.82) is 0 Å². The van der Waals surface area contributed by atoms with Crippen LogP contribution in [0.1, 0.15) is 28.9 Å². The fraction of sp³-hybridized carbons (Fsp3) is 0.0435. The highest BCUT2D eigenvalue weighted by Crippen LogP contribution is 2.57. The maximum Gasteiger partial charge on any atom is 0.159 e. The summed E-state index contributed by atoms with van der Waals surface area (Å²) in [5.41, 5.74) is 28.5. The second kappa shape index (κ2) is 20.9. The summed E-state index contributed by atoms with van der Waals surface area (Å²) < 4.78 is 19.5. The van der Waals surface area contributed by atoms with Gasteiger partial charge in [0.2, 0.25) is 0 Å². The predicted octanol–water partition coefficient (Wildman–Crippen LogP) is 25.8. The van der Waals surface area contributed by atoms with Gasteiger partial charge in [0.15, 0.2) is 11.2 Å². The van der Waals surface area contributed by atoms with E-state index in [1.165, 1.54) is 81.8 Å². The lowest BCUT2D eigenvalue weighted by Gasteiger charge is -2.29. The standard InChI is InChI=1S/C92H60N4O2/c1-55-45-49-71-67-35-17-21-43-79(67)97-91(71)85(55)93(75-41-19-15-33-63(75)57-25-7-3-8-26-57)61-47-51-65-69-37-23-39-73-83-82(60-31-13-6-14-32-60)90-84(81(59-29-11-5-12-30-59)89(83)95(87(69)73)77(65)53-61)74-40-24-38-70-66-52-48-62(54-78(66)96(90)88(70)74)94(76-42-20-16-34-64(76)58-27-9-4-10-28-58)86-56(2)46-50-72-68-36-18-22-44-80(68)98-92(72)86/h3-21,23-43,45-54H,22,44H2,1-2H3. The Morgan fingerprint density at radius 2 is 0.765 bits per heavy atom. The van der Waals surface area contributed by atoms with Crippen LogP contribution in [0.5, 0.6) is 0 Å². The maximum absolute atomic E-state index is 7.14. The molecule has 0 aliphatic heterocycles. The molecule has 0 fully saturated rings. The van der Waals surface area contributed by atoms with Crippen molar-refractivity contribution in [3.63, 3.8) is 0 Å². The van der Waals surface area contributed by atoms with Gasteiger partial charge in [-0.25, -0.2) is 0 Å². The average Bonchev–Trinajstić information content (AvgIpc) is 1.50. The quantitative estimate of drug-likeness (QED) is 0.137. The van der Waals surface area contributed by atoms with Crippen LogP contribution >= 0.6 is 0 Å². The van der Waals surface area contributed by atoms with E-state index >= 15 is 0 Å². The Kier molecular flexibility index (Phi) is 11.7. The van der Waals surface area contributed by atoms with Crippen LogP contribution in [0.3, 0.4) is 0 Å². The average molecular weight is 1250 g/mol. The van der Waals surface area contributed by atoms with E-state index in [0.29, 0.717) is 0 Å². The van der Waals surface area contributed by atoms with Gasteiger partial charge in [-0.05, 0) is 96.1 Å². The SMILES string of the molecule is Cc1ccc2c3c(oc2c1N(c1ccc2c4cccc5c6c(-c7ccccc7)c7c(c(-c8ccccc8)c6n(c2c1)c45)c1cccc2c4ccc(N(c5ccccc5-c5ccccc5)c5c(C)ccc6c5oc5ccccc56)cc4n7c21)c1ccccc1-c1ccccc1)CCC=C3. The van der Waals surface area contributed by atoms with Gasteiger partial charge >= 0.3 is 0 Å². The molecule has 98 heavy (non-hydrogen) atoms. The minimum atomic E-state index is 0.851. The molecule has 6 nitrogen and oxygen atoms in total. The van der Waals surface area contributed by atoms with Gasteiger partial charge < -0.3 is 27.4 Å². The van der Waals surface area contributed by atoms with E-state index in [2.05, 4.69) is 336 Å². The number of para-hydroxylation sites is 5. The summed E-state index contributed by atoms with van der Waals surface area (Å²) in [4.78, 5) is 4.96. The lowest BCUT2D eigenvalue weighted by molar-refractivity contribution is 0.546. The molecule has 0 saturated carbocycles. The van der Waals surface area contributed by atoms with Gasteiger partial charge in [-0.1, -0.05) is 261 Å². The molecule has 6 heteroatoms. The molecule has 0 atom stereocenters. The Hall–Kier alpha value is -12.6. The van der Waals surface area contributed by atoms with Gasteiger partial charge in [0.25, 0.3) is 0 Å². The van der Waals surface area contributed by atoms with Crippen molar-refractivity contribution in [3.05, 3.63) is 320 Å². The highest BCUT2D eigenvalue weighted by Gasteiger charge is 2.33. The van der Waals surface area contributed by atoms with Gasteiger partial charge in [0, 0.05) is 105 Å². The first kappa shape index (κ1) is 54.7. The normalized spacial score (nSPS) is 12.7. The molecule has 6 heterocycles. The molecule has 0 radical (unpaired) electrons. The third-order valence-corrected chi connectivity index (χ3v) is 21.2. The summed E-state index contributed by atoms with van der Waals surface area (Å²) in [6.07, 6.45) is 6.37. The third-order valence-electron chi connectivity index (χ3n) is 21.2. The van der Waals surface area contributed by atoms with E-state index in [9.17, 15) is 0 Å². The molecule has 21 rings (SSSR count). The molecule has 460 valence electrons. The largest absolute Gasteiger partial charge is 0.458 e. The number of furan rings is 2. The molecule has 0 amide bonds. The number of benzene rings is 14. The van der Waals surface area contributed by atoms with Crippen LogP contribution in [-0.2, 0) is 6.42 Å². The highest BCUT2D eigenvalue weighted by molar-refractivity contribution is 6.38. The fourth-order valence-corrected chi connectivity index (χ4v) is 17.1. The van der Waals surface area contributed by atoms with Crippen LogP contribution in [-0.4, -0.2) is 8.80 Å². The van der Waals surface area contributed by atoms with Crippen molar-refractivity contribution in [3.8, 4) is 44.5 Å². The summed E-state index contributed by atoms with van der Waals surface area (Å²) in [7, 11) is 0. The van der Waals surface area contributed by atoms with Crippen molar-refractivity contribution in [2.24, 2.45) is 0 Å². The molecular formula is C92H60N4O2. The molecule has 14 aromatic carbocycles. The van der Waals surface area contributed by atoms with Crippen molar-refractivity contribution >= 4 is 149 Å². The molecule has 0 spiro atoms. The lowest BCUT2D eigenvalue weighted by Crippen LogP contribution is -2.13. The van der Waals surface area contributed by atoms with Crippen molar-refractivity contribution in [2.45, 2.75) is 26.7 Å². The molecule has 0 saturated heterocycles.